The molecule has 2 unspecified atom stereocenters. The van der Waals surface area contributed by atoms with Crippen molar-refractivity contribution in [1.29, 1.82) is 0 Å². The van der Waals surface area contributed by atoms with Gasteiger partial charge >= 0.3 is 6.09 Å². The molecule has 38 heavy (non-hydrogen) atoms. The van der Waals surface area contributed by atoms with E-state index >= 15 is 0 Å². The van der Waals surface area contributed by atoms with Gasteiger partial charge in [0.15, 0.2) is 0 Å². The minimum Gasteiger partial charge on any atom is -0.444 e. The van der Waals surface area contributed by atoms with Crippen LogP contribution in [0.3, 0.4) is 0 Å². The van der Waals surface area contributed by atoms with Crippen LogP contribution in [0, 0.1) is 22.7 Å². The number of amides is 3. The van der Waals surface area contributed by atoms with Gasteiger partial charge in [0.1, 0.15) is 24.0 Å². The molecule has 2 aliphatic heterocycles. The summed E-state index contributed by atoms with van der Waals surface area (Å²) in [7, 11) is 0. The van der Waals surface area contributed by atoms with Crippen molar-refractivity contribution in [2.24, 2.45) is 22.7 Å². The van der Waals surface area contributed by atoms with Gasteiger partial charge in [-0.25, -0.2) is 4.79 Å². The van der Waals surface area contributed by atoms with Crippen LogP contribution >= 0.6 is 0 Å². The molecule has 3 rings (SSSR count). The molecule has 0 spiro atoms. The van der Waals surface area contributed by atoms with Gasteiger partial charge in [0.2, 0.25) is 11.8 Å². The molecule has 0 aromatic carbocycles. The highest BCUT2D eigenvalue weighted by Crippen LogP contribution is 2.57. The second-order valence-corrected chi connectivity index (χ2v) is 14.2. The molecule has 0 aromatic rings. The second-order valence-electron chi connectivity index (χ2n) is 14.2. The highest BCUT2D eigenvalue weighted by atomic mass is 16.6. The maximum atomic E-state index is 14.3. The first-order chi connectivity index (χ1) is 17.7. The molecule has 5 atom stereocenters. The molecule has 8 heteroatoms. The lowest BCUT2D eigenvalue weighted by Gasteiger charge is -2.48. The van der Waals surface area contributed by atoms with E-state index in [-0.39, 0.29) is 29.1 Å². The minimum absolute atomic E-state index is 0.0307. The van der Waals surface area contributed by atoms with Crippen molar-refractivity contribution >= 4 is 24.2 Å². The standard InChI is InChI=1S/C30H51N3O5/c1-28(2,3)38-27(37)32-24-26(36)33-18-22-21(17-30(22,6)7)23(33)25(35)31-20(19-34)15-13-11-9-8-10-12-14-16-29(24,4)5/h19-24H,8-18H2,1-7H3,(H,31,35)(H,32,37)/t20-,21?,22?,23-,24+/m0/s1. The van der Waals surface area contributed by atoms with Crippen LogP contribution in [-0.2, 0) is 19.1 Å². The van der Waals surface area contributed by atoms with Gasteiger partial charge in [0.25, 0.3) is 0 Å². The van der Waals surface area contributed by atoms with E-state index in [1.807, 2.05) is 13.8 Å². The molecule has 3 amide bonds. The Kier molecular flexibility index (Phi) is 9.57. The van der Waals surface area contributed by atoms with Gasteiger partial charge in [0, 0.05) is 6.54 Å². The summed E-state index contributed by atoms with van der Waals surface area (Å²) in [6.07, 6.45) is 9.76. The molecular formula is C30H51N3O5. The van der Waals surface area contributed by atoms with E-state index < -0.39 is 35.2 Å². The van der Waals surface area contributed by atoms with E-state index in [0.29, 0.717) is 13.0 Å². The van der Waals surface area contributed by atoms with Gasteiger partial charge in [-0.15, -0.1) is 0 Å². The molecule has 2 saturated heterocycles. The van der Waals surface area contributed by atoms with Crippen molar-refractivity contribution in [3.8, 4) is 0 Å². The molecule has 2 N–H and O–H groups in total. The molecule has 1 saturated carbocycles. The van der Waals surface area contributed by atoms with E-state index in [2.05, 4.69) is 24.5 Å². The first-order valence-electron chi connectivity index (χ1n) is 14.7. The molecule has 8 nitrogen and oxygen atoms in total. The molecule has 3 fully saturated rings. The number of aldehydes is 1. The smallest absolute Gasteiger partial charge is 0.408 e. The fourth-order valence-corrected chi connectivity index (χ4v) is 6.75. The summed E-state index contributed by atoms with van der Waals surface area (Å²) in [4.78, 5) is 54.4. The summed E-state index contributed by atoms with van der Waals surface area (Å²) >= 11 is 0. The molecular weight excluding hydrogens is 482 g/mol. The largest absolute Gasteiger partial charge is 0.444 e. The van der Waals surface area contributed by atoms with Crippen LogP contribution in [0.15, 0.2) is 0 Å². The van der Waals surface area contributed by atoms with Gasteiger partial charge in [-0.3, -0.25) is 9.59 Å². The average Bonchev–Trinajstić information content (AvgIpc) is 3.13. The maximum absolute atomic E-state index is 14.3. The van der Waals surface area contributed by atoms with Crippen molar-refractivity contribution in [3.05, 3.63) is 0 Å². The maximum Gasteiger partial charge on any atom is 0.408 e. The van der Waals surface area contributed by atoms with Crippen molar-refractivity contribution in [3.63, 3.8) is 0 Å². The predicted octanol–water partition coefficient (Wildman–Crippen LogP) is 4.99. The summed E-state index contributed by atoms with van der Waals surface area (Å²) < 4.78 is 5.55. The number of nitrogens with one attached hydrogen (secondary N) is 2. The molecule has 0 radical (unpaired) electrons. The third kappa shape index (κ3) is 7.29. The summed E-state index contributed by atoms with van der Waals surface area (Å²) in [6.45, 7) is 14.3. The quantitative estimate of drug-likeness (QED) is 0.487. The van der Waals surface area contributed by atoms with Crippen LogP contribution in [0.4, 0.5) is 4.79 Å². The molecule has 0 aromatic heterocycles. The number of nitrogens with zero attached hydrogens (tertiary/aromatic N) is 1. The zero-order valence-corrected chi connectivity index (χ0v) is 24.7. The zero-order valence-electron chi connectivity index (χ0n) is 24.7. The van der Waals surface area contributed by atoms with Crippen LogP contribution < -0.4 is 10.6 Å². The number of rotatable bonds is 2. The van der Waals surface area contributed by atoms with Crippen molar-refractivity contribution < 1.29 is 23.9 Å². The monoisotopic (exact) mass is 533 g/mol. The normalized spacial score (nSPS) is 32.6. The lowest BCUT2D eigenvalue weighted by atomic mass is 9.55. The zero-order chi connectivity index (χ0) is 28.3. The van der Waals surface area contributed by atoms with Crippen molar-refractivity contribution in [2.45, 2.75) is 136 Å². The van der Waals surface area contributed by atoms with Gasteiger partial charge in [0.05, 0.1) is 6.04 Å². The summed E-state index contributed by atoms with van der Waals surface area (Å²) in [5.41, 5.74) is -1.20. The number of carbonyl (C=O) groups excluding carboxylic acids is 4. The Balaban J connectivity index is 1.94. The summed E-state index contributed by atoms with van der Waals surface area (Å²) in [5.74, 6) is -0.240. The highest BCUT2D eigenvalue weighted by Gasteiger charge is 2.61. The second kappa shape index (κ2) is 12.0. The SMILES string of the molecule is CC(C)(C)OC(=O)N[C@@H]1C(=O)N2CC3C(CC3(C)C)[C@H]2C(=O)N[C@H](C=O)CCCCCCCCCC1(C)C. The minimum atomic E-state index is -0.828. The predicted molar refractivity (Wildman–Crippen MR) is 147 cm³/mol. The van der Waals surface area contributed by atoms with Crippen LogP contribution in [0.1, 0.15) is 113 Å². The average molecular weight is 534 g/mol. The number of fused-ring (bicyclic) bond motifs is 3. The van der Waals surface area contributed by atoms with E-state index in [0.717, 1.165) is 64.1 Å². The summed E-state index contributed by atoms with van der Waals surface area (Å²) in [5, 5.41) is 5.87. The van der Waals surface area contributed by atoms with Crippen LogP contribution in [0.2, 0.25) is 0 Å². The van der Waals surface area contributed by atoms with E-state index in [1.54, 1.807) is 25.7 Å². The Morgan fingerprint density at radius 3 is 2.18 bits per heavy atom. The molecule has 1 aliphatic carbocycles. The van der Waals surface area contributed by atoms with Crippen molar-refractivity contribution in [1.82, 2.24) is 15.5 Å². The molecule has 2 heterocycles. The topological polar surface area (TPSA) is 105 Å². The lowest BCUT2D eigenvalue weighted by molar-refractivity contribution is -0.144. The molecule has 3 aliphatic rings. The number of hydrogen-bond acceptors (Lipinski definition) is 5. The fraction of sp³-hybridized carbons (Fsp3) is 0.867. The Morgan fingerprint density at radius 1 is 1.00 bits per heavy atom. The number of carbonyl (C=O) groups is 4. The van der Waals surface area contributed by atoms with Gasteiger partial charge in [-0.1, -0.05) is 72.6 Å². The van der Waals surface area contributed by atoms with Crippen molar-refractivity contribution in [2.75, 3.05) is 6.54 Å². The third-order valence-corrected chi connectivity index (χ3v) is 8.99. The Labute approximate surface area is 229 Å². The van der Waals surface area contributed by atoms with Gasteiger partial charge < -0.3 is 25.1 Å². The molecule has 0 bridgehead atoms. The van der Waals surface area contributed by atoms with Gasteiger partial charge in [-0.05, 0) is 62.7 Å². The van der Waals surface area contributed by atoms with E-state index in [1.165, 1.54) is 0 Å². The fourth-order valence-electron chi connectivity index (χ4n) is 6.75. The highest BCUT2D eigenvalue weighted by molar-refractivity contribution is 5.93. The molecule has 216 valence electrons. The number of hydrogen-bond donors (Lipinski definition) is 2. The third-order valence-electron chi connectivity index (χ3n) is 8.99. The van der Waals surface area contributed by atoms with E-state index in [9.17, 15) is 19.2 Å². The first-order valence-corrected chi connectivity index (χ1v) is 14.7. The van der Waals surface area contributed by atoms with Crippen LogP contribution in [0.5, 0.6) is 0 Å². The Hall–Kier alpha value is -2.12. The van der Waals surface area contributed by atoms with Gasteiger partial charge in [-0.2, -0.15) is 0 Å². The Morgan fingerprint density at radius 2 is 1.61 bits per heavy atom. The van der Waals surface area contributed by atoms with Crippen LogP contribution in [-0.4, -0.2) is 59.4 Å². The summed E-state index contributed by atoms with van der Waals surface area (Å²) in [6, 6.07) is -2.02. The number of ether oxygens (including phenoxy) is 1. The van der Waals surface area contributed by atoms with E-state index in [4.69, 9.17) is 4.74 Å². The Bertz CT molecular complexity index is 878. The lowest BCUT2D eigenvalue weighted by Crippen LogP contribution is -2.60. The first kappa shape index (κ1) is 30.4. The number of alkyl carbamates (subject to hydrolysis) is 1. The van der Waals surface area contributed by atoms with Crippen LogP contribution in [0.25, 0.3) is 0 Å².